The average Bonchev–Trinajstić information content (AvgIpc) is 2.39. The molecule has 4 nitrogen and oxygen atoms in total. The molecule has 0 saturated carbocycles. The van der Waals surface area contributed by atoms with E-state index >= 15 is 0 Å². The van der Waals surface area contributed by atoms with Crippen molar-refractivity contribution in [2.75, 3.05) is 40.0 Å². The van der Waals surface area contributed by atoms with Crippen LogP contribution in [0.4, 0.5) is 0 Å². The van der Waals surface area contributed by atoms with Crippen molar-refractivity contribution in [3.8, 4) is 5.75 Å². The zero-order valence-corrected chi connectivity index (χ0v) is 11.3. The van der Waals surface area contributed by atoms with Gasteiger partial charge in [-0.25, -0.2) is 0 Å². The number of aliphatic hydroxyl groups excluding tert-OH is 2. The number of para-hydroxylation sites is 1. The van der Waals surface area contributed by atoms with Crippen LogP contribution >= 0.6 is 11.6 Å². The van der Waals surface area contributed by atoms with Gasteiger partial charge in [-0.3, -0.25) is 4.90 Å². The van der Waals surface area contributed by atoms with Gasteiger partial charge in [0.15, 0.2) is 0 Å². The summed E-state index contributed by atoms with van der Waals surface area (Å²) in [7, 11) is 1.61. The quantitative estimate of drug-likeness (QED) is 0.701. The summed E-state index contributed by atoms with van der Waals surface area (Å²) in [4.78, 5) is 1.92. The maximum atomic E-state index is 8.96. The van der Waals surface area contributed by atoms with Gasteiger partial charge in [-0.1, -0.05) is 18.2 Å². The van der Waals surface area contributed by atoms with E-state index < -0.39 is 0 Å². The molecule has 0 aromatic heterocycles. The Kier molecular flexibility index (Phi) is 7.05. The lowest BCUT2D eigenvalue weighted by molar-refractivity contribution is 0.161. The second-order valence-corrected chi connectivity index (χ2v) is 4.48. The van der Waals surface area contributed by atoms with Crippen LogP contribution in [-0.2, 0) is 0 Å². The number of hydrogen-bond donors (Lipinski definition) is 2. The number of aliphatic hydroxyl groups is 2. The van der Waals surface area contributed by atoms with Crippen LogP contribution in [0.3, 0.4) is 0 Å². The van der Waals surface area contributed by atoms with Crippen molar-refractivity contribution in [1.82, 2.24) is 4.90 Å². The third-order valence-corrected chi connectivity index (χ3v) is 3.10. The van der Waals surface area contributed by atoms with Gasteiger partial charge < -0.3 is 14.9 Å². The van der Waals surface area contributed by atoms with E-state index in [1.54, 1.807) is 7.11 Å². The molecule has 0 aliphatic rings. The molecule has 1 atom stereocenters. The second kappa shape index (κ2) is 8.32. The Bertz CT molecular complexity index is 343. The number of rotatable bonds is 8. The molecule has 0 saturated heterocycles. The predicted molar refractivity (Wildman–Crippen MR) is 72.2 cm³/mol. The zero-order chi connectivity index (χ0) is 13.4. The van der Waals surface area contributed by atoms with Crippen LogP contribution in [0.2, 0.25) is 0 Å². The molecule has 102 valence electrons. The van der Waals surface area contributed by atoms with E-state index in [-0.39, 0.29) is 18.6 Å². The van der Waals surface area contributed by atoms with E-state index in [4.69, 9.17) is 26.6 Å². The van der Waals surface area contributed by atoms with Crippen molar-refractivity contribution in [3.63, 3.8) is 0 Å². The lowest BCUT2D eigenvalue weighted by Crippen LogP contribution is -2.32. The van der Waals surface area contributed by atoms with Crippen LogP contribution in [0, 0.1) is 0 Å². The van der Waals surface area contributed by atoms with Crippen LogP contribution in [0.1, 0.15) is 10.9 Å². The molecule has 1 aromatic rings. The summed E-state index contributed by atoms with van der Waals surface area (Å²) in [6.45, 7) is 1.66. The average molecular weight is 274 g/mol. The molecule has 0 bridgehead atoms. The molecule has 0 aliphatic carbocycles. The smallest absolute Gasteiger partial charge is 0.123 e. The summed E-state index contributed by atoms with van der Waals surface area (Å²) in [5, 5.41) is 17.7. The van der Waals surface area contributed by atoms with Gasteiger partial charge in [-0.2, -0.15) is 0 Å². The molecule has 1 aromatic carbocycles. The largest absolute Gasteiger partial charge is 0.496 e. The van der Waals surface area contributed by atoms with Crippen molar-refractivity contribution >= 4 is 11.6 Å². The van der Waals surface area contributed by atoms with Crippen molar-refractivity contribution < 1.29 is 14.9 Å². The van der Waals surface area contributed by atoms with Gasteiger partial charge in [0.2, 0.25) is 0 Å². The SMILES string of the molecule is COc1ccccc1C(Cl)CN(CCO)CCO. The van der Waals surface area contributed by atoms with E-state index in [1.807, 2.05) is 29.2 Å². The summed E-state index contributed by atoms with van der Waals surface area (Å²) in [6.07, 6.45) is 0. The number of alkyl halides is 1. The minimum atomic E-state index is -0.237. The highest BCUT2D eigenvalue weighted by molar-refractivity contribution is 6.21. The first-order valence-electron chi connectivity index (χ1n) is 5.94. The molecule has 0 spiro atoms. The van der Waals surface area contributed by atoms with Gasteiger partial charge in [0.05, 0.1) is 25.7 Å². The Morgan fingerprint density at radius 3 is 2.39 bits per heavy atom. The fraction of sp³-hybridized carbons (Fsp3) is 0.538. The lowest BCUT2D eigenvalue weighted by atomic mass is 10.1. The molecular weight excluding hydrogens is 254 g/mol. The Balaban J connectivity index is 2.70. The minimum Gasteiger partial charge on any atom is -0.496 e. The molecule has 5 heteroatoms. The number of ether oxygens (including phenoxy) is 1. The Labute approximate surface area is 113 Å². The van der Waals surface area contributed by atoms with Crippen molar-refractivity contribution in [2.24, 2.45) is 0 Å². The van der Waals surface area contributed by atoms with Gasteiger partial charge in [-0.05, 0) is 6.07 Å². The standard InChI is InChI=1S/C13H20ClNO3/c1-18-13-5-3-2-4-11(13)12(14)10-15(6-8-16)7-9-17/h2-5,12,16-17H,6-10H2,1H3. The van der Waals surface area contributed by atoms with Gasteiger partial charge >= 0.3 is 0 Å². The molecule has 0 heterocycles. The van der Waals surface area contributed by atoms with E-state index in [1.165, 1.54) is 0 Å². The van der Waals surface area contributed by atoms with Crippen LogP contribution in [0.15, 0.2) is 24.3 Å². The predicted octanol–water partition coefficient (Wildman–Crippen LogP) is 1.26. The van der Waals surface area contributed by atoms with E-state index in [2.05, 4.69) is 0 Å². The lowest BCUT2D eigenvalue weighted by Gasteiger charge is -2.24. The first-order chi connectivity index (χ1) is 8.72. The number of nitrogens with zero attached hydrogens (tertiary/aromatic N) is 1. The van der Waals surface area contributed by atoms with Gasteiger partial charge in [0.25, 0.3) is 0 Å². The van der Waals surface area contributed by atoms with E-state index in [0.29, 0.717) is 19.6 Å². The monoisotopic (exact) mass is 273 g/mol. The number of hydrogen-bond acceptors (Lipinski definition) is 4. The topological polar surface area (TPSA) is 52.9 Å². The molecule has 0 radical (unpaired) electrons. The van der Waals surface area contributed by atoms with Crippen molar-refractivity contribution in [3.05, 3.63) is 29.8 Å². The summed E-state index contributed by atoms with van der Waals surface area (Å²) >= 11 is 6.37. The summed E-state index contributed by atoms with van der Waals surface area (Å²) < 4.78 is 5.27. The molecule has 1 unspecified atom stereocenters. The van der Waals surface area contributed by atoms with Gasteiger partial charge in [-0.15, -0.1) is 11.6 Å². The Morgan fingerprint density at radius 2 is 1.83 bits per heavy atom. The van der Waals surface area contributed by atoms with Crippen molar-refractivity contribution in [2.45, 2.75) is 5.38 Å². The fourth-order valence-corrected chi connectivity index (χ4v) is 2.20. The first kappa shape index (κ1) is 15.2. The van der Waals surface area contributed by atoms with Crippen LogP contribution in [0.25, 0.3) is 0 Å². The summed E-state index contributed by atoms with van der Waals surface area (Å²) in [5.74, 6) is 0.755. The highest BCUT2D eigenvalue weighted by Crippen LogP contribution is 2.29. The van der Waals surface area contributed by atoms with E-state index in [9.17, 15) is 0 Å². The third-order valence-electron chi connectivity index (χ3n) is 2.73. The van der Waals surface area contributed by atoms with Crippen molar-refractivity contribution in [1.29, 1.82) is 0 Å². The fourth-order valence-electron chi connectivity index (χ4n) is 1.83. The highest BCUT2D eigenvalue weighted by Gasteiger charge is 2.16. The van der Waals surface area contributed by atoms with Crippen LogP contribution in [0.5, 0.6) is 5.75 Å². The molecule has 1 rings (SSSR count). The highest BCUT2D eigenvalue weighted by atomic mass is 35.5. The maximum absolute atomic E-state index is 8.96. The summed E-state index contributed by atoms with van der Waals surface area (Å²) in [6, 6.07) is 7.60. The van der Waals surface area contributed by atoms with E-state index in [0.717, 1.165) is 11.3 Å². The number of methoxy groups -OCH3 is 1. The zero-order valence-electron chi connectivity index (χ0n) is 10.6. The number of benzene rings is 1. The minimum absolute atomic E-state index is 0.0511. The molecule has 18 heavy (non-hydrogen) atoms. The molecule has 2 N–H and O–H groups in total. The number of halogens is 1. The maximum Gasteiger partial charge on any atom is 0.123 e. The molecule has 0 aliphatic heterocycles. The first-order valence-corrected chi connectivity index (χ1v) is 6.37. The van der Waals surface area contributed by atoms with Gasteiger partial charge in [0, 0.05) is 25.2 Å². The summed E-state index contributed by atoms with van der Waals surface area (Å²) in [5.41, 5.74) is 0.919. The third kappa shape index (κ3) is 4.46. The Hall–Kier alpha value is -0.810. The van der Waals surface area contributed by atoms with Gasteiger partial charge in [0.1, 0.15) is 5.75 Å². The normalized spacial score (nSPS) is 12.7. The molecule has 0 fully saturated rings. The molecule has 0 amide bonds. The molecular formula is C13H20ClNO3. The second-order valence-electron chi connectivity index (χ2n) is 3.96. The Morgan fingerprint density at radius 1 is 1.22 bits per heavy atom. The van der Waals surface area contributed by atoms with Crippen LogP contribution in [-0.4, -0.2) is 55.1 Å². The van der Waals surface area contributed by atoms with Crippen LogP contribution < -0.4 is 4.74 Å².